The summed E-state index contributed by atoms with van der Waals surface area (Å²) in [5.74, 6) is 0. The molecule has 1 fully saturated rings. The van der Waals surface area contributed by atoms with Crippen LogP contribution in [0.1, 0.15) is 32.2 Å². The van der Waals surface area contributed by atoms with Crippen molar-refractivity contribution in [3.05, 3.63) is 16.6 Å². The minimum atomic E-state index is 0.263. The van der Waals surface area contributed by atoms with Gasteiger partial charge in [-0.25, -0.2) is 4.98 Å². The van der Waals surface area contributed by atoms with Gasteiger partial charge in [-0.3, -0.25) is 0 Å². The fraction of sp³-hybridized carbons (Fsp3) is 0.769. The van der Waals surface area contributed by atoms with Gasteiger partial charge in [-0.1, -0.05) is 13.8 Å². The Bertz CT molecular complexity index is 337. The lowest BCUT2D eigenvalue weighted by Crippen LogP contribution is -2.61. The zero-order valence-electron chi connectivity index (χ0n) is 10.9. The number of nitrogens with one attached hydrogen (secondary N) is 1. The monoisotopic (exact) mass is 254 g/mol. The first-order valence-corrected chi connectivity index (χ1v) is 7.26. The van der Waals surface area contributed by atoms with Gasteiger partial charge in [-0.15, -0.1) is 11.3 Å². The van der Waals surface area contributed by atoms with E-state index in [0.717, 1.165) is 26.0 Å². The Balaban J connectivity index is 1.71. The van der Waals surface area contributed by atoms with Gasteiger partial charge in [0.15, 0.2) is 0 Å². The van der Waals surface area contributed by atoms with Crippen LogP contribution in [0.5, 0.6) is 0 Å². The molecule has 0 spiro atoms. The van der Waals surface area contributed by atoms with E-state index in [1.807, 2.05) is 11.6 Å². The van der Waals surface area contributed by atoms with Gasteiger partial charge < -0.3 is 10.1 Å². The van der Waals surface area contributed by atoms with E-state index in [1.54, 1.807) is 11.3 Å². The number of aromatic nitrogens is 1. The van der Waals surface area contributed by atoms with Crippen molar-refractivity contribution in [3.63, 3.8) is 0 Å². The van der Waals surface area contributed by atoms with E-state index < -0.39 is 0 Å². The molecule has 3 nitrogen and oxygen atoms in total. The summed E-state index contributed by atoms with van der Waals surface area (Å²) >= 11 is 1.73. The second-order valence-electron chi connectivity index (χ2n) is 5.18. The molecule has 1 aromatic rings. The molecule has 1 aliphatic rings. The summed E-state index contributed by atoms with van der Waals surface area (Å²) in [5.41, 5.74) is 0.263. The third kappa shape index (κ3) is 2.87. The number of ether oxygens (including phenoxy) is 1. The van der Waals surface area contributed by atoms with Crippen molar-refractivity contribution in [1.82, 2.24) is 10.3 Å². The van der Waals surface area contributed by atoms with Gasteiger partial charge in [0, 0.05) is 42.6 Å². The number of nitrogens with zero attached hydrogens (tertiary/aromatic N) is 1. The van der Waals surface area contributed by atoms with Crippen LogP contribution in [0.25, 0.3) is 0 Å². The van der Waals surface area contributed by atoms with Gasteiger partial charge in [0.25, 0.3) is 0 Å². The summed E-state index contributed by atoms with van der Waals surface area (Å²) in [4.78, 5) is 4.29. The van der Waals surface area contributed by atoms with Gasteiger partial charge in [0.2, 0.25) is 0 Å². The number of thiazole rings is 1. The summed E-state index contributed by atoms with van der Waals surface area (Å²) in [5, 5.41) is 6.88. The summed E-state index contributed by atoms with van der Waals surface area (Å²) in [6.45, 7) is 8.48. The van der Waals surface area contributed by atoms with Crippen molar-refractivity contribution in [2.75, 3.05) is 13.2 Å². The zero-order chi connectivity index (χ0) is 12.3. The van der Waals surface area contributed by atoms with E-state index in [4.69, 9.17) is 4.74 Å². The summed E-state index contributed by atoms with van der Waals surface area (Å²) < 4.78 is 5.73. The van der Waals surface area contributed by atoms with E-state index in [1.165, 1.54) is 5.01 Å². The predicted molar refractivity (Wildman–Crippen MR) is 71.4 cm³/mol. The molecule has 96 valence electrons. The van der Waals surface area contributed by atoms with E-state index in [2.05, 4.69) is 31.1 Å². The Morgan fingerprint density at radius 2 is 2.41 bits per heavy atom. The van der Waals surface area contributed by atoms with Crippen LogP contribution in [0.4, 0.5) is 0 Å². The molecule has 0 radical (unpaired) electrons. The molecule has 0 bridgehead atoms. The van der Waals surface area contributed by atoms with Gasteiger partial charge >= 0.3 is 0 Å². The maximum Gasteiger partial charge on any atom is 0.0937 e. The lowest BCUT2D eigenvalue weighted by Gasteiger charge is -2.52. The second-order valence-corrected chi connectivity index (χ2v) is 6.16. The lowest BCUT2D eigenvalue weighted by molar-refractivity contribution is -0.113. The fourth-order valence-corrected chi connectivity index (χ4v) is 3.07. The number of hydrogen-bond acceptors (Lipinski definition) is 4. The van der Waals surface area contributed by atoms with Crippen LogP contribution >= 0.6 is 11.3 Å². The average Bonchev–Trinajstić information content (AvgIpc) is 2.80. The molecule has 1 aliphatic carbocycles. The second kappa shape index (κ2) is 5.46. The molecule has 0 aromatic carbocycles. The van der Waals surface area contributed by atoms with Crippen molar-refractivity contribution in [2.24, 2.45) is 5.41 Å². The Morgan fingerprint density at radius 3 is 3.00 bits per heavy atom. The molecule has 0 saturated heterocycles. The largest absolute Gasteiger partial charge is 0.378 e. The third-order valence-electron chi connectivity index (χ3n) is 3.76. The molecule has 17 heavy (non-hydrogen) atoms. The summed E-state index contributed by atoms with van der Waals surface area (Å²) in [7, 11) is 0. The van der Waals surface area contributed by atoms with Crippen molar-refractivity contribution < 1.29 is 4.74 Å². The first-order chi connectivity index (χ1) is 8.14. The van der Waals surface area contributed by atoms with Crippen molar-refractivity contribution >= 4 is 11.3 Å². The Morgan fingerprint density at radius 1 is 1.59 bits per heavy atom. The molecule has 1 N–H and O–H groups in total. The first kappa shape index (κ1) is 13.0. The normalized spacial score (nSPS) is 26.8. The van der Waals surface area contributed by atoms with Crippen LogP contribution in [-0.4, -0.2) is 30.3 Å². The average molecular weight is 254 g/mol. The molecule has 0 amide bonds. The first-order valence-electron chi connectivity index (χ1n) is 6.38. The van der Waals surface area contributed by atoms with Crippen LogP contribution in [0.3, 0.4) is 0 Å². The lowest BCUT2D eigenvalue weighted by atomic mass is 9.64. The highest BCUT2D eigenvalue weighted by Gasteiger charge is 2.48. The highest BCUT2D eigenvalue weighted by molar-refractivity contribution is 7.09. The standard InChI is InChI=1S/C13H22N2OS/c1-4-16-11-9-10(13(11,2)3)14-6-5-12-15-7-8-17-12/h7-8,10-11,14H,4-6,9H2,1-3H3. The minimum Gasteiger partial charge on any atom is -0.378 e. The van der Waals surface area contributed by atoms with Crippen LogP contribution in [0.2, 0.25) is 0 Å². The number of rotatable bonds is 6. The van der Waals surface area contributed by atoms with E-state index in [9.17, 15) is 0 Å². The molecule has 4 heteroatoms. The zero-order valence-corrected chi connectivity index (χ0v) is 11.7. The van der Waals surface area contributed by atoms with Crippen molar-refractivity contribution in [2.45, 2.75) is 45.8 Å². The summed E-state index contributed by atoms with van der Waals surface area (Å²) in [6, 6.07) is 0.582. The molecular formula is C13H22N2OS. The molecule has 2 atom stereocenters. The molecule has 1 aromatic heterocycles. The smallest absolute Gasteiger partial charge is 0.0937 e. The van der Waals surface area contributed by atoms with E-state index in [-0.39, 0.29) is 5.41 Å². The maximum absolute atomic E-state index is 5.73. The van der Waals surface area contributed by atoms with Gasteiger partial charge in [0.05, 0.1) is 11.1 Å². The topological polar surface area (TPSA) is 34.1 Å². The minimum absolute atomic E-state index is 0.263. The van der Waals surface area contributed by atoms with Crippen molar-refractivity contribution in [1.29, 1.82) is 0 Å². The highest BCUT2D eigenvalue weighted by atomic mass is 32.1. The van der Waals surface area contributed by atoms with Crippen LogP contribution in [0, 0.1) is 5.41 Å². The van der Waals surface area contributed by atoms with Crippen molar-refractivity contribution in [3.8, 4) is 0 Å². The van der Waals surface area contributed by atoms with Gasteiger partial charge in [0.1, 0.15) is 0 Å². The molecule has 0 aliphatic heterocycles. The molecule has 1 saturated carbocycles. The van der Waals surface area contributed by atoms with E-state index in [0.29, 0.717) is 12.1 Å². The molecule has 2 rings (SSSR count). The van der Waals surface area contributed by atoms with E-state index >= 15 is 0 Å². The Kier molecular flexibility index (Phi) is 4.17. The molecule has 1 heterocycles. The van der Waals surface area contributed by atoms with Gasteiger partial charge in [-0.2, -0.15) is 0 Å². The molecular weight excluding hydrogens is 232 g/mol. The maximum atomic E-state index is 5.73. The molecule has 2 unspecified atom stereocenters. The SMILES string of the molecule is CCOC1CC(NCCc2nccs2)C1(C)C. The highest BCUT2D eigenvalue weighted by Crippen LogP contribution is 2.42. The van der Waals surface area contributed by atoms with Gasteiger partial charge in [-0.05, 0) is 13.3 Å². The van der Waals surface area contributed by atoms with Crippen LogP contribution < -0.4 is 5.32 Å². The quantitative estimate of drug-likeness (QED) is 0.847. The fourth-order valence-electron chi connectivity index (χ4n) is 2.45. The van der Waals surface area contributed by atoms with Crippen LogP contribution in [-0.2, 0) is 11.2 Å². The van der Waals surface area contributed by atoms with Crippen LogP contribution in [0.15, 0.2) is 11.6 Å². The third-order valence-corrected chi connectivity index (χ3v) is 4.60. The summed E-state index contributed by atoms with van der Waals surface area (Å²) in [6.07, 6.45) is 4.46. The predicted octanol–water partition coefficient (Wildman–Crippen LogP) is 2.48. The Labute approximate surface area is 108 Å². The number of hydrogen-bond donors (Lipinski definition) is 1. The Hall–Kier alpha value is -0.450.